The summed E-state index contributed by atoms with van der Waals surface area (Å²) in [5.41, 5.74) is 0. The molecule has 6 heteroatoms. The molecule has 0 aliphatic heterocycles. The van der Waals surface area contributed by atoms with E-state index < -0.39 is 6.10 Å². The fourth-order valence-corrected chi connectivity index (χ4v) is 9.18. The van der Waals surface area contributed by atoms with Gasteiger partial charge in [0.2, 0.25) is 0 Å². The summed E-state index contributed by atoms with van der Waals surface area (Å²) in [7, 11) is 0. The molecule has 0 heterocycles. The molecule has 0 aromatic carbocycles. The molecular formula is C75H124O6. The molecule has 0 N–H and O–H groups in total. The molecule has 1 atom stereocenters. The number of esters is 3. The van der Waals surface area contributed by atoms with Crippen molar-refractivity contribution in [3.8, 4) is 0 Å². The van der Waals surface area contributed by atoms with Gasteiger partial charge in [-0.3, -0.25) is 14.4 Å². The van der Waals surface area contributed by atoms with Crippen LogP contribution in [-0.2, 0) is 28.6 Å². The van der Waals surface area contributed by atoms with Gasteiger partial charge in [0.1, 0.15) is 13.2 Å². The quantitative estimate of drug-likeness (QED) is 0.0261. The molecule has 6 nitrogen and oxygen atoms in total. The highest BCUT2D eigenvalue weighted by Crippen LogP contribution is 2.16. The van der Waals surface area contributed by atoms with Crippen LogP contribution in [0.15, 0.2) is 134 Å². The third-order valence-corrected chi connectivity index (χ3v) is 14.2. The number of carbonyl (C=O) groups is 3. The van der Waals surface area contributed by atoms with Crippen molar-refractivity contribution in [1.29, 1.82) is 0 Å². The summed E-state index contributed by atoms with van der Waals surface area (Å²) in [4.78, 5) is 38.4. The minimum absolute atomic E-state index is 0.0886. The molecule has 0 amide bonds. The highest BCUT2D eigenvalue weighted by atomic mass is 16.6. The van der Waals surface area contributed by atoms with Gasteiger partial charge in [0.25, 0.3) is 0 Å². The third kappa shape index (κ3) is 66.2. The average Bonchev–Trinajstić information content (AvgIpc) is 3.47. The summed E-state index contributed by atoms with van der Waals surface area (Å²) in [6.45, 7) is 6.41. The van der Waals surface area contributed by atoms with Gasteiger partial charge >= 0.3 is 17.9 Å². The fourth-order valence-electron chi connectivity index (χ4n) is 9.18. The molecule has 0 saturated heterocycles. The Labute approximate surface area is 500 Å². The Morgan fingerprint density at radius 2 is 0.481 bits per heavy atom. The van der Waals surface area contributed by atoms with E-state index in [1.54, 1.807) is 0 Å². The van der Waals surface area contributed by atoms with E-state index >= 15 is 0 Å². The van der Waals surface area contributed by atoms with Gasteiger partial charge in [-0.25, -0.2) is 0 Å². The minimum atomic E-state index is -0.796. The number of rotatable bonds is 60. The topological polar surface area (TPSA) is 78.9 Å². The number of allylic oxidation sites excluding steroid dienone is 22. The largest absolute Gasteiger partial charge is 0.462 e. The second-order valence-electron chi connectivity index (χ2n) is 22.0. The van der Waals surface area contributed by atoms with E-state index in [4.69, 9.17) is 14.2 Å². The van der Waals surface area contributed by atoms with Crippen molar-refractivity contribution in [1.82, 2.24) is 0 Å². The standard InChI is InChI=1S/C75H124O6/c1-4-7-10-13-16-19-22-25-28-30-32-34-35-36-37-38-39-41-42-44-47-50-53-56-59-62-65-68-74(77)80-71-72(70-79-73(76)67-64-61-58-55-52-49-46-27-24-21-18-15-12-9-6-3)81-75(78)69-66-63-60-57-54-51-48-45-43-40-33-31-29-26-23-20-17-14-11-8-5-2/h7-8,10-11,16-17,19-20,25-26,28-29,32-34,36-37,39-41,44,47,72H,4-6,9,12-15,18,21-24,27,30-31,35,38,42-43,45-46,48-71H2,1-3H3/b10-7-,11-8-,19-16-,20-17-,28-25-,29-26-,34-32-,37-36-,40-33-,41-39-,47-44-. The van der Waals surface area contributed by atoms with Crippen molar-refractivity contribution in [2.75, 3.05) is 13.2 Å². The SMILES string of the molecule is CC/C=C\C/C=C\C/C=C\C/C=C\C/C=C\C/C=C\C/C=C\CCCCCCCC(=O)OCC(COC(=O)CCCCCCCCCCCCCCCCC)OC(=O)CCCCCCCCCC/C=C\C/C=C\C/C=C\C/C=C\CC. The molecule has 0 bridgehead atoms. The predicted octanol–water partition coefficient (Wildman–Crippen LogP) is 23.3. The predicted molar refractivity (Wildman–Crippen MR) is 353 cm³/mol. The first-order valence-corrected chi connectivity index (χ1v) is 33.7. The van der Waals surface area contributed by atoms with Gasteiger partial charge in [0.15, 0.2) is 6.10 Å². The van der Waals surface area contributed by atoms with E-state index in [0.717, 1.165) is 154 Å². The number of hydrogen-bond acceptors (Lipinski definition) is 6. The number of ether oxygens (including phenoxy) is 3. The van der Waals surface area contributed by atoms with E-state index in [1.165, 1.54) is 109 Å². The van der Waals surface area contributed by atoms with Crippen molar-refractivity contribution in [2.45, 2.75) is 309 Å². The lowest BCUT2D eigenvalue weighted by Crippen LogP contribution is -2.30. The maximum Gasteiger partial charge on any atom is 0.306 e. The zero-order valence-electron chi connectivity index (χ0n) is 52.8. The highest BCUT2D eigenvalue weighted by molar-refractivity contribution is 5.71. The fraction of sp³-hybridized carbons (Fsp3) is 0.667. The first-order chi connectivity index (χ1) is 40.0. The van der Waals surface area contributed by atoms with Gasteiger partial charge in [-0.05, 0) is 116 Å². The van der Waals surface area contributed by atoms with Crippen molar-refractivity contribution < 1.29 is 28.6 Å². The van der Waals surface area contributed by atoms with Crippen molar-refractivity contribution in [3.63, 3.8) is 0 Å². The van der Waals surface area contributed by atoms with E-state index in [0.29, 0.717) is 19.3 Å². The van der Waals surface area contributed by atoms with Crippen LogP contribution in [-0.4, -0.2) is 37.2 Å². The Morgan fingerprint density at radius 3 is 0.753 bits per heavy atom. The molecule has 1 unspecified atom stereocenters. The van der Waals surface area contributed by atoms with Crippen LogP contribution in [0, 0.1) is 0 Å². The highest BCUT2D eigenvalue weighted by Gasteiger charge is 2.19. The maximum atomic E-state index is 12.9. The first kappa shape index (κ1) is 76.5. The van der Waals surface area contributed by atoms with Crippen molar-refractivity contribution in [3.05, 3.63) is 134 Å². The molecule has 81 heavy (non-hydrogen) atoms. The zero-order chi connectivity index (χ0) is 58.5. The van der Waals surface area contributed by atoms with Crippen molar-refractivity contribution >= 4 is 17.9 Å². The zero-order valence-corrected chi connectivity index (χ0v) is 52.8. The Hall–Kier alpha value is -4.45. The summed E-state index contributed by atoms with van der Waals surface area (Å²) in [5, 5.41) is 0. The number of unbranched alkanes of at least 4 members (excludes halogenated alkanes) is 27. The molecule has 0 aromatic rings. The van der Waals surface area contributed by atoms with Crippen LogP contribution in [0.2, 0.25) is 0 Å². The molecule has 0 spiro atoms. The Morgan fingerprint density at radius 1 is 0.259 bits per heavy atom. The lowest BCUT2D eigenvalue weighted by Gasteiger charge is -2.18. The van der Waals surface area contributed by atoms with E-state index in [2.05, 4.69) is 154 Å². The molecule has 0 fully saturated rings. The van der Waals surface area contributed by atoms with Crippen molar-refractivity contribution in [2.24, 2.45) is 0 Å². The number of carbonyl (C=O) groups excluding carboxylic acids is 3. The van der Waals surface area contributed by atoms with Gasteiger partial charge in [0, 0.05) is 19.3 Å². The summed E-state index contributed by atoms with van der Waals surface area (Å²) in [6.07, 6.45) is 96.0. The summed E-state index contributed by atoms with van der Waals surface area (Å²) in [5.74, 6) is -0.909. The molecule has 0 rings (SSSR count). The van der Waals surface area contributed by atoms with Gasteiger partial charge in [-0.15, -0.1) is 0 Å². The normalized spacial score (nSPS) is 13.0. The lowest BCUT2D eigenvalue weighted by molar-refractivity contribution is -0.167. The number of hydrogen-bond donors (Lipinski definition) is 0. The minimum Gasteiger partial charge on any atom is -0.462 e. The Kier molecular flexibility index (Phi) is 64.3. The van der Waals surface area contributed by atoms with E-state index in [-0.39, 0.29) is 31.1 Å². The molecule has 460 valence electrons. The molecule has 0 aliphatic carbocycles. The summed E-state index contributed by atoms with van der Waals surface area (Å²) >= 11 is 0. The van der Waals surface area contributed by atoms with Crippen LogP contribution in [0.3, 0.4) is 0 Å². The molecule has 0 saturated carbocycles. The summed E-state index contributed by atoms with van der Waals surface area (Å²) in [6, 6.07) is 0. The Bertz CT molecular complexity index is 1720. The average molecular weight is 1120 g/mol. The first-order valence-electron chi connectivity index (χ1n) is 33.7. The second-order valence-corrected chi connectivity index (χ2v) is 22.0. The van der Waals surface area contributed by atoms with Crippen LogP contribution in [0.5, 0.6) is 0 Å². The third-order valence-electron chi connectivity index (χ3n) is 14.2. The Balaban J connectivity index is 4.42. The molecular weight excluding hydrogens is 997 g/mol. The van der Waals surface area contributed by atoms with Gasteiger partial charge in [-0.1, -0.05) is 302 Å². The van der Waals surface area contributed by atoms with E-state index in [1.807, 2.05) is 0 Å². The van der Waals surface area contributed by atoms with Crippen LogP contribution in [0.4, 0.5) is 0 Å². The molecule has 0 radical (unpaired) electrons. The maximum absolute atomic E-state index is 12.9. The lowest BCUT2D eigenvalue weighted by atomic mass is 10.0. The smallest absolute Gasteiger partial charge is 0.306 e. The summed E-state index contributed by atoms with van der Waals surface area (Å²) < 4.78 is 17.0. The van der Waals surface area contributed by atoms with Gasteiger partial charge < -0.3 is 14.2 Å². The molecule has 0 aliphatic rings. The van der Waals surface area contributed by atoms with E-state index in [9.17, 15) is 14.4 Å². The van der Waals surface area contributed by atoms with Crippen LogP contribution < -0.4 is 0 Å². The van der Waals surface area contributed by atoms with Crippen LogP contribution >= 0.6 is 0 Å². The van der Waals surface area contributed by atoms with Gasteiger partial charge in [0.05, 0.1) is 0 Å². The van der Waals surface area contributed by atoms with Gasteiger partial charge in [-0.2, -0.15) is 0 Å². The monoisotopic (exact) mass is 1120 g/mol. The van der Waals surface area contributed by atoms with Crippen LogP contribution in [0.1, 0.15) is 303 Å². The van der Waals surface area contributed by atoms with Crippen LogP contribution in [0.25, 0.3) is 0 Å². The molecule has 0 aromatic heterocycles. The second kappa shape index (κ2) is 68.1.